The molecule has 1 atom stereocenters. The van der Waals surface area contributed by atoms with Crippen molar-refractivity contribution in [1.82, 2.24) is 14.8 Å². The second kappa shape index (κ2) is 8.12. The Balaban J connectivity index is 2.15. The minimum absolute atomic E-state index is 0.228. The third-order valence-corrected chi connectivity index (χ3v) is 4.58. The van der Waals surface area contributed by atoms with Gasteiger partial charge in [0.2, 0.25) is 5.95 Å². The average Bonchev–Trinajstić information content (AvgIpc) is 3.06. The predicted octanol–water partition coefficient (Wildman–Crippen LogP) is 4.07. The zero-order chi connectivity index (χ0) is 19.6. The number of carbonyl (C=O) groups excluding carboxylic acids is 1. The highest BCUT2D eigenvalue weighted by atomic mass is 79.9. The van der Waals surface area contributed by atoms with E-state index in [0.29, 0.717) is 29.6 Å². The molecule has 0 amide bonds. The monoisotopic (exact) mass is 434 g/mol. The van der Waals surface area contributed by atoms with Gasteiger partial charge in [0.1, 0.15) is 18.1 Å². The van der Waals surface area contributed by atoms with E-state index in [0.717, 1.165) is 16.5 Å². The first-order chi connectivity index (χ1) is 12.9. The van der Waals surface area contributed by atoms with Crippen LogP contribution in [-0.2, 0) is 9.53 Å². The van der Waals surface area contributed by atoms with Crippen molar-refractivity contribution in [3.63, 3.8) is 0 Å². The lowest BCUT2D eigenvalue weighted by Gasteiger charge is -2.29. The molecule has 0 aliphatic carbocycles. The molecule has 3 rings (SSSR count). The zero-order valence-electron chi connectivity index (χ0n) is 15.8. The Bertz CT molecular complexity index is 876. The number of benzene rings is 1. The summed E-state index contributed by atoms with van der Waals surface area (Å²) < 4.78 is 14.0. The van der Waals surface area contributed by atoms with Crippen LogP contribution in [0.15, 0.2) is 40.3 Å². The molecule has 0 saturated heterocycles. The Labute approximate surface area is 166 Å². The van der Waals surface area contributed by atoms with Gasteiger partial charge in [0.05, 0.1) is 18.3 Å². The molecular formula is C19H23BrN4O3. The summed E-state index contributed by atoms with van der Waals surface area (Å²) >= 11 is 3.53. The van der Waals surface area contributed by atoms with Crippen molar-refractivity contribution in [2.24, 2.45) is 0 Å². The van der Waals surface area contributed by atoms with E-state index in [1.54, 1.807) is 4.68 Å². The van der Waals surface area contributed by atoms with Crippen LogP contribution in [0.1, 0.15) is 45.7 Å². The molecule has 0 bridgehead atoms. The highest BCUT2D eigenvalue weighted by Crippen LogP contribution is 2.40. The van der Waals surface area contributed by atoms with Gasteiger partial charge in [0.25, 0.3) is 0 Å². The molecule has 2 aromatic rings. The highest BCUT2D eigenvalue weighted by Gasteiger charge is 2.36. The smallest absolute Gasteiger partial charge is 0.338 e. The number of fused-ring (bicyclic) bond motifs is 1. The molecule has 1 aliphatic rings. The molecule has 1 aromatic heterocycles. The van der Waals surface area contributed by atoms with Crippen molar-refractivity contribution >= 4 is 27.8 Å². The lowest BCUT2D eigenvalue weighted by molar-refractivity contribution is -0.143. The Morgan fingerprint density at radius 2 is 2.19 bits per heavy atom. The molecule has 7 nitrogen and oxygen atoms in total. The van der Waals surface area contributed by atoms with E-state index < -0.39 is 6.04 Å². The molecule has 0 saturated carbocycles. The van der Waals surface area contributed by atoms with Gasteiger partial charge in [-0.3, -0.25) is 0 Å². The van der Waals surface area contributed by atoms with E-state index >= 15 is 0 Å². The number of hydrogen-bond acceptors (Lipinski definition) is 6. The predicted molar refractivity (Wildman–Crippen MR) is 106 cm³/mol. The normalized spacial score (nSPS) is 16.1. The number of nitrogens with one attached hydrogen (secondary N) is 1. The molecule has 1 N–H and O–H groups in total. The molecule has 0 fully saturated rings. The van der Waals surface area contributed by atoms with E-state index in [-0.39, 0.29) is 12.1 Å². The maximum Gasteiger partial charge on any atom is 0.338 e. The first kappa shape index (κ1) is 19.4. The summed E-state index contributed by atoms with van der Waals surface area (Å²) in [5.74, 6) is 0.888. The van der Waals surface area contributed by atoms with Crippen molar-refractivity contribution in [2.45, 2.75) is 46.3 Å². The SMILES string of the molecule is CCCOc1ccc(Br)cc1C1C(C(=O)OC(C)C)=C(C)Nc2ncnn21. The van der Waals surface area contributed by atoms with Crippen LogP contribution in [-0.4, -0.2) is 33.4 Å². The second-order valence-corrected chi connectivity index (χ2v) is 7.49. The Morgan fingerprint density at radius 3 is 2.89 bits per heavy atom. The fraction of sp³-hybridized carbons (Fsp3) is 0.421. The van der Waals surface area contributed by atoms with Gasteiger partial charge in [-0.05, 0) is 45.4 Å². The Kier molecular flexibility index (Phi) is 5.84. The number of rotatable bonds is 6. The van der Waals surface area contributed by atoms with Crippen LogP contribution in [0, 0.1) is 0 Å². The molecule has 1 unspecified atom stereocenters. The first-order valence-electron chi connectivity index (χ1n) is 8.92. The number of esters is 1. The van der Waals surface area contributed by atoms with Crippen LogP contribution in [0.2, 0.25) is 0 Å². The van der Waals surface area contributed by atoms with Gasteiger partial charge >= 0.3 is 5.97 Å². The summed E-state index contributed by atoms with van der Waals surface area (Å²) in [5, 5.41) is 7.48. The fourth-order valence-electron chi connectivity index (χ4n) is 3.00. The van der Waals surface area contributed by atoms with E-state index in [9.17, 15) is 4.79 Å². The van der Waals surface area contributed by atoms with Gasteiger partial charge in [-0.25, -0.2) is 9.48 Å². The van der Waals surface area contributed by atoms with Crippen LogP contribution in [0.5, 0.6) is 5.75 Å². The van der Waals surface area contributed by atoms with Crippen LogP contribution >= 0.6 is 15.9 Å². The summed E-state index contributed by atoms with van der Waals surface area (Å²) in [5.41, 5.74) is 2.00. The van der Waals surface area contributed by atoms with Crippen molar-refractivity contribution in [1.29, 1.82) is 0 Å². The van der Waals surface area contributed by atoms with Crippen molar-refractivity contribution in [2.75, 3.05) is 11.9 Å². The van der Waals surface area contributed by atoms with Gasteiger partial charge in [-0.15, -0.1) is 0 Å². The summed E-state index contributed by atoms with van der Waals surface area (Å²) in [4.78, 5) is 17.2. The third-order valence-electron chi connectivity index (χ3n) is 4.09. The summed E-state index contributed by atoms with van der Waals surface area (Å²) in [7, 11) is 0. The third kappa shape index (κ3) is 4.00. The number of aromatic nitrogens is 3. The highest BCUT2D eigenvalue weighted by molar-refractivity contribution is 9.10. The number of anilines is 1. The molecule has 2 heterocycles. The molecular weight excluding hydrogens is 412 g/mol. The van der Waals surface area contributed by atoms with Gasteiger partial charge in [-0.1, -0.05) is 22.9 Å². The number of allylic oxidation sites excluding steroid dienone is 1. The van der Waals surface area contributed by atoms with Crippen molar-refractivity contribution in [3.05, 3.63) is 45.8 Å². The van der Waals surface area contributed by atoms with Crippen molar-refractivity contribution < 1.29 is 14.3 Å². The minimum Gasteiger partial charge on any atom is -0.493 e. The van der Waals surface area contributed by atoms with Gasteiger partial charge in [-0.2, -0.15) is 10.1 Å². The second-order valence-electron chi connectivity index (χ2n) is 6.58. The van der Waals surface area contributed by atoms with E-state index in [1.165, 1.54) is 6.33 Å². The van der Waals surface area contributed by atoms with Crippen LogP contribution in [0.3, 0.4) is 0 Å². The van der Waals surface area contributed by atoms with E-state index in [4.69, 9.17) is 9.47 Å². The number of ether oxygens (including phenoxy) is 2. The van der Waals surface area contributed by atoms with Crippen LogP contribution in [0.4, 0.5) is 5.95 Å². The van der Waals surface area contributed by atoms with Gasteiger partial charge in [0, 0.05) is 15.7 Å². The van der Waals surface area contributed by atoms with Crippen LogP contribution < -0.4 is 10.1 Å². The Hall–Kier alpha value is -2.35. The standard InChI is InChI=1S/C19H23BrN4O3/c1-5-8-26-15-7-6-13(20)9-14(15)17-16(18(25)27-11(2)3)12(4)23-19-21-10-22-24(17)19/h6-7,9-11,17H,5,8H2,1-4H3,(H,21,22,23). The van der Waals surface area contributed by atoms with Gasteiger partial charge < -0.3 is 14.8 Å². The maximum atomic E-state index is 12.9. The lowest BCUT2D eigenvalue weighted by atomic mass is 9.95. The quantitative estimate of drug-likeness (QED) is 0.690. The topological polar surface area (TPSA) is 78.3 Å². The summed E-state index contributed by atoms with van der Waals surface area (Å²) in [6, 6.07) is 5.26. The Morgan fingerprint density at radius 1 is 1.41 bits per heavy atom. The molecule has 1 aliphatic heterocycles. The van der Waals surface area contributed by atoms with Gasteiger partial charge in [0.15, 0.2) is 0 Å². The average molecular weight is 435 g/mol. The number of nitrogens with zero attached hydrogens (tertiary/aromatic N) is 3. The maximum absolute atomic E-state index is 12.9. The van der Waals surface area contributed by atoms with E-state index in [1.807, 2.05) is 45.9 Å². The van der Waals surface area contributed by atoms with Crippen molar-refractivity contribution in [3.8, 4) is 5.75 Å². The zero-order valence-corrected chi connectivity index (χ0v) is 17.4. The summed E-state index contributed by atoms with van der Waals surface area (Å²) in [6.07, 6.45) is 2.12. The largest absolute Gasteiger partial charge is 0.493 e. The first-order valence-corrected chi connectivity index (χ1v) is 9.72. The van der Waals surface area contributed by atoms with Crippen LogP contribution in [0.25, 0.3) is 0 Å². The fourth-order valence-corrected chi connectivity index (χ4v) is 3.38. The molecule has 27 heavy (non-hydrogen) atoms. The summed E-state index contributed by atoms with van der Waals surface area (Å²) in [6.45, 7) is 8.13. The lowest BCUT2D eigenvalue weighted by Crippen LogP contribution is -2.31. The number of halogens is 1. The number of hydrogen-bond donors (Lipinski definition) is 1. The molecule has 144 valence electrons. The minimum atomic E-state index is -0.501. The molecule has 8 heteroatoms. The molecule has 0 radical (unpaired) electrons. The van der Waals surface area contributed by atoms with E-state index in [2.05, 4.69) is 31.3 Å². The molecule has 1 aromatic carbocycles. The molecule has 0 spiro atoms. The number of carbonyl (C=O) groups is 1.